The van der Waals surface area contributed by atoms with E-state index in [0.717, 1.165) is 35.2 Å². The van der Waals surface area contributed by atoms with Gasteiger partial charge in [-0.05, 0) is 59.7 Å². The number of fused-ring (bicyclic) bond motifs is 2. The number of hydrogen-bond acceptors (Lipinski definition) is 4. The largest absolute Gasteiger partial charge is 0.508 e. The van der Waals surface area contributed by atoms with Crippen molar-refractivity contribution in [2.45, 2.75) is 25.3 Å². The van der Waals surface area contributed by atoms with Crippen LogP contribution in [0.2, 0.25) is 0 Å². The average molecular weight is 329 g/mol. The van der Waals surface area contributed by atoms with Crippen molar-refractivity contribution < 1.29 is 19.7 Å². The van der Waals surface area contributed by atoms with Crippen LogP contribution in [0.15, 0.2) is 24.3 Å². The summed E-state index contributed by atoms with van der Waals surface area (Å²) in [4.78, 5) is 2.29. The van der Waals surface area contributed by atoms with E-state index >= 15 is 0 Å². The lowest BCUT2D eigenvalue weighted by Crippen LogP contribution is -2.39. The van der Waals surface area contributed by atoms with Gasteiger partial charge in [-0.15, -0.1) is 0 Å². The first-order valence-electron chi connectivity index (χ1n) is 8.30. The van der Waals surface area contributed by atoms with Crippen molar-refractivity contribution in [3.8, 4) is 28.4 Å². The second-order valence-corrected chi connectivity index (χ2v) is 6.58. The number of benzene rings is 2. The van der Waals surface area contributed by atoms with E-state index in [1.165, 1.54) is 6.07 Å². The standard InChI is InChI=1S/C19H20FNO3/c20-5-1-6-21-7-4-12-8-13(22)10-14-17(12)15(21)9-11-2-3-16(23)19(24)18(11)14/h2-3,8,10,15,22-24H,1,4-7,9H2/t15-/m1/s1. The first-order valence-corrected chi connectivity index (χ1v) is 8.30. The molecule has 0 fully saturated rings. The van der Waals surface area contributed by atoms with Gasteiger partial charge in [0, 0.05) is 24.7 Å². The Morgan fingerprint density at radius 2 is 1.96 bits per heavy atom. The van der Waals surface area contributed by atoms with Crippen LogP contribution in [0.4, 0.5) is 4.39 Å². The summed E-state index contributed by atoms with van der Waals surface area (Å²) < 4.78 is 12.6. The maximum atomic E-state index is 12.6. The molecule has 0 bridgehead atoms. The zero-order valence-corrected chi connectivity index (χ0v) is 13.3. The van der Waals surface area contributed by atoms with Gasteiger partial charge in [-0.1, -0.05) is 6.07 Å². The first-order chi connectivity index (χ1) is 11.6. The second-order valence-electron chi connectivity index (χ2n) is 6.58. The van der Waals surface area contributed by atoms with Crippen molar-refractivity contribution in [1.82, 2.24) is 4.90 Å². The minimum absolute atomic E-state index is 0.118. The maximum Gasteiger partial charge on any atom is 0.165 e. The molecule has 2 aliphatic rings. The highest BCUT2D eigenvalue weighted by Crippen LogP contribution is 2.51. The monoisotopic (exact) mass is 329 g/mol. The molecule has 0 unspecified atom stereocenters. The quantitative estimate of drug-likeness (QED) is 0.756. The minimum atomic E-state index is -0.330. The maximum absolute atomic E-state index is 12.6. The number of alkyl halides is 1. The van der Waals surface area contributed by atoms with Gasteiger partial charge in [-0.2, -0.15) is 0 Å². The van der Waals surface area contributed by atoms with Crippen LogP contribution >= 0.6 is 0 Å². The Labute approximate surface area is 139 Å². The van der Waals surface area contributed by atoms with Crippen LogP contribution in [0.25, 0.3) is 11.1 Å². The summed E-state index contributed by atoms with van der Waals surface area (Å²) in [5.74, 6) is -0.135. The predicted octanol–water partition coefficient (Wildman–Crippen LogP) is 3.29. The Morgan fingerprint density at radius 3 is 2.75 bits per heavy atom. The number of aromatic hydroxyl groups is 3. The molecule has 1 heterocycles. The van der Waals surface area contributed by atoms with Gasteiger partial charge >= 0.3 is 0 Å². The summed E-state index contributed by atoms with van der Waals surface area (Å²) >= 11 is 0. The number of halogens is 1. The van der Waals surface area contributed by atoms with Gasteiger partial charge < -0.3 is 15.3 Å². The zero-order valence-electron chi connectivity index (χ0n) is 13.3. The Bertz CT molecular complexity index is 806. The van der Waals surface area contributed by atoms with Gasteiger partial charge in [0.1, 0.15) is 5.75 Å². The molecule has 0 aromatic heterocycles. The van der Waals surface area contributed by atoms with E-state index in [-0.39, 0.29) is 30.0 Å². The van der Waals surface area contributed by atoms with Gasteiger partial charge in [0.25, 0.3) is 0 Å². The summed E-state index contributed by atoms with van der Waals surface area (Å²) in [7, 11) is 0. The lowest BCUT2D eigenvalue weighted by atomic mass is 9.76. The summed E-state index contributed by atoms with van der Waals surface area (Å²) in [6.45, 7) is 1.20. The molecule has 0 radical (unpaired) electrons. The fourth-order valence-electron chi connectivity index (χ4n) is 4.17. The fraction of sp³-hybridized carbons (Fsp3) is 0.368. The molecule has 4 nitrogen and oxygen atoms in total. The van der Waals surface area contributed by atoms with E-state index in [2.05, 4.69) is 4.90 Å². The van der Waals surface area contributed by atoms with E-state index in [1.54, 1.807) is 12.1 Å². The molecular weight excluding hydrogens is 309 g/mol. The number of phenols is 3. The highest BCUT2D eigenvalue weighted by atomic mass is 19.1. The van der Waals surface area contributed by atoms with Gasteiger partial charge in [0.2, 0.25) is 0 Å². The van der Waals surface area contributed by atoms with Crippen molar-refractivity contribution in [3.05, 3.63) is 41.0 Å². The minimum Gasteiger partial charge on any atom is -0.508 e. The first kappa shape index (κ1) is 15.3. The highest BCUT2D eigenvalue weighted by molar-refractivity contribution is 5.83. The molecule has 126 valence electrons. The molecule has 2 aromatic rings. The van der Waals surface area contributed by atoms with Crippen LogP contribution in [0.5, 0.6) is 17.2 Å². The van der Waals surface area contributed by atoms with Crippen molar-refractivity contribution in [3.63, 3.8) is 0 Å². The highest BCUT2D eigenvalue weighted by Gasteiger charge is 2.36. The molecule has 0 spiro atoms. The number of phenolic OH excluding ortho intramolecular Hbond substituents is 3. The Balaban J connectivity index is 1.91. The molecule has 0 saturated carbocycles. The van der Waals surface area contributed by atoms with Crippen LogP contribution in [-0.4, -0.2) is 40.0 Å². The number of hydrogen-bond donors (Lipinski definition) is 3. The van der Waals surface area contributed by atoms with Crippen LogP contribution in [0, 0.1) is 0 Å². The summed E-state index contributed by atoms with van der Waals surface area (Å²) in [6.07, 6.45) is 2.00. The van der Waals surface area contributed by atoms with Crippen molar-refractivity contribution >= 4 is 0 Å². The lowest BCUT2D eigenvalue weighted by molar-refractivity contribution is 0.175. The second kappa shape index (κ2) is 5.67. The number of nitrogens with zero attached hydrogens (tertiary/aromatic N) is 1. The Morgan fingerprint density at radius 1 is 1.12 bits per heavy atom. The third-order valence-corrected chi connectivity index (χ3v) is 5.20. The van der Waals surface area contributed by atoms with E-state index < -0.39 is 0 Å². The van der Waals surface area contributed by atoms with E-state index in [4.69, 9.17) is 0 Å². The Hall–Kier alpha value is -2.27. The third-order valence-electron chi connectivity index (χ3n) is 5.20. The fourth-order valence-corrected chi connectivity index (χ4v) is 4.17. The Kier molecular flexibility index (Phi) is 3.61. The molecule has 4 rings (SSSR count). The van der Waals surface area contributed by atoms with Crippen molar-refractivity contribution in [2.75, 3.05) is 19.8 Å². The molecule has 3 N–H and O–H groups in total. The van der Waals surface area contributed by atoms with Crippen LogP contribution in [0.1, 0.15) is 29.2 Å². The smallest absolute Gasteiger partial charge is 0.165 e. The van der Waals surface area contributed by atoms with Crippen LogP contribution in [0.3, 0.4) is 0 Å². The lowest BCUT2D eigenvalue weighted by Gasteiger charge is -2.41. The average Bonchev–Trinajstić information content (AvgIpc) is 2.57. The van der Waals surface area contributed by atoms with Gasteiger partial charge in [-0.25, -0.2) is 0 Å². The molecular formula is C19H20FNO3. The van der Waals surface area contributed by atoms with Gasteiger partial charge in [0.15, 0.2) is 11.5 Å². The molecule has 1 atom stereocenters. The van der Waals surface area contributed by atoms with Gasteiger partial charge in [0.05, 0.1) is 6.67 Å². The normalized spacial score (nSPS) is 19.0. The van der Waals surface area contributed by atoms with Gasteiger partial charge in [-0.3, -0.25) is 9.29 Å². The van der Waals surface area contributed by atoms with E-state index in [0.29, 0.717) is 24.9 Å². The molecule has 1 aliphatic carbocycles. The third kappa shape index (κ3) is 2.23. The molecule has 0 saturated heterocycles. The zero-order chi connectivity index (χ0) is 16.8. The van der Waals surface area contributed by atoms with Crippen molar-refractivity contribution in [2.24, 2.45) is 0 Å². The summed E-state index contributed by atoms with van der Waals surface area (Å²) in [6, 6.07) is 6.87. The van der Waals surface area contributed by atoms with Crippen molar-refractivity contribution in [1.29, 1.82) is 0 Å². The van der Waals surface area contributed by atoms with E-state index in [1.807, 2.05) is 6.07 Å². The molecule has 24 heavy (non-hydrogen) atoms. The summed E-state index contributed by atoms with van der Waals surface area (Å²) in [5, 5.41) is 30.3. The number of rotatable bonds is 3. The molecule has 5 heteroatoms. The van der Waals surface area contributed by atoms with Crippen LogP contribution < -0.4 is 0 Å². The van der Waals surface area contributed by atoms with E-state index in [9.17, 15) is 19.7 Å². The predicted molar refractivity (Wildman–Crippen MR) is 89.2 cm³/mol. The molecule has 0 amide bonds. The molecule has 1 aliphatic heterocycles. The molecule has 2 aromatic carbocycles. The van der Waals surface area contributed by atoms with Crippen LogP contribution in [-0.2, 0) is 12.8 Å². The SMILES string of the molecule is Oc1cc2c3c(c1)-c1c(ccc(O)c1O)C[C@H]3N(CCCF)CC2. The summed E-state index contributed by atoms with van der Waals surface area (Å²) in [5.41, 5.74) is 4.47. The topological polar surface area (TPSA) is 63.9 Å².